The van der Waals surface area contributed by atoms with Crippen LogP contribution in [0.15, 0.2) is 107 Å². The molecule has 0 spiro atoms. The lowest BCUT2D eigenvalue weighted by Crippen LogP contribution is -2.32. The molecule has 0 aliphatic heterocycles. The number of amides is 2. The van der Waals surface area contributed by atoms with Gasteiger partial charge in [-0.25, -0.2) is 8.42 Å². The number of primary amides is 2. The fourth-order valence-electron chi connectivity index (χ4n) is 6.17. The maximum Gasteiger partial charge on any atom is 0.233 e. The van der Waals surface area contributed by atoms with Gasteiger partial charge in [0.1, 0.15) is 10.1 Å². The number of benzene rings is 4. The number of rotatable bonds is 26. The summed E-state index contributed by atoms with van der Waals surface area (Å²) in [6.07, 6.45) is 2.74. The maximum absolute atomic E-state index is 12.7. The molecule has 6 aromatic rings. The van der Waals surface area contributed by atoms with Crippen LogP contribution in [0.3, 0.4) is 0 Å². The molecule has 2 aromatic heterocycles. The molecule has 0 atom stereocenters. The van der Waals surface area contributed by atoms with Crippen molar-refractivity contribution in [2.24, 2.45) is 11.5 Å². The van der Waals surface area contributed by atoms with Gasteiger partial charge in [0.05, 0.1) is 30.2 Å². The third-order valence-corrected chi connectivity index (χ3v) is 10.8. The Bertz CT molecular complexity index is 2800. The SMILES string of the molecule is NC(=O)CCN(CCO)c1nc(Nc2ccccc2)nc(Nc2ccc(C=Cc3ccc(Nc4nc(Nc5ccccc5)nc(N(CCO)CCC(N)=O)n4)cc3S(=O)(=O)[O-])c(SOO[O-])c2)n1. The van der Waals surface area contributed by atoms with Gasteiger partial charge in [0, 0.05) is 66.7 Å². The number of nitrogens with zero attached hydrogens (tertiary/aromatic N) is 8. The minimum Gasteiger partial charge on any atom is -0.744 e. The number of anilines is 10. The number of aliphatic hydroxyl groups excluding tert-OH is 2. The molecule has 68 heavy (non-hydrogen) atoms. The minimum absolute atomic E-state index is 0.00651. The van der Waals surface area contributed by atoms with Crippen molar-refractivity contribution in [1.29, 1.82) is 0 Å². The minimum atomic E-state index is -5.11. The molecule has 356 valence electrons. The Labute approximate surface area is 393 Å². The molecule has 0 aliphatic carbocycles. The Morgan fingerprint density at radius 1 is 0.618 bits per heavy atom. The molecule has 4 aromatic carbocycles. The molecule has 2 amide bonds. The van der Waals surface area contributed by atoms with Crippen LogP contribution in [0.1, 0.15) is 24.0 Å². The zero-order valence-electron chi connectivity index (χ0n) is 35.8. The van der Waals surface area contributed by atoms with Crippen molar-refractivity contribution in [3.05, 3.63) is 108 Å². The summed E-state index contributed by atoms with van der Waals surface area (Å²) in [5, 5.41) is 46.2. The predicted octanol–water partition coefficient (Wildman–Crippen LogP) is 2.68. The van der Waals surface area contributed by atoms with Gasteiger partial charge in [0.15, 0.2) is 0 Å². The molecule has 0 fully saturated rings. The Morgan fingerprint density at radius 3 is 1.47 bits per heavy atom. The van der Waals surface area contributed by atoms with Crippen LogP contribution in [0.4, 0.5) is 58.4 Å². The quantitative estimate of drug-likeness (QED) is 0.0127. The molecule has 0 saturated heterocycles. The standard InChI is InChI=1S/C42H46N14O10S2/c43-35(59)17-19-55(21-23-57)41-51-37(45-29-7-3-1-4-8-29)49-39(53-41)47-31-15-13-27(33(25-31)67-66-65-61)11-12-28-14-16-32(26-34(28)68(62,63)64)48-40-50-38(46-30-9-5-2-6-10-30)52-42(54-40)56(22-24-58)20-18-36(44)60/h1-16,25-26,57-58,61H,17-24H2,(H2,43,59)(H2,44,60)(H,62,63,64)(H2,45,47,49,51,53)(H2,46,48,50,52,54)/p-2. The monoisotopic (exact) mass is 968 g/mol. The van der Waals surface area contributed by atoms with Gasteiger partial charge in [-0.05, 0) is 59.7 Å². The lowest BCUT2D eigenvalue weighted by atomic mass is 10.1. The molecule has 0 bridgehead atoms. The molecule has 0 aliphatic rings. The first kappa shape index (κ1) is 49.9. The smallest absolute Gasteiger partial charge is 0.233 e. The van der Waals surface area contributed by atoms with Crippen LogP contribution < -0.4 is 47.8 Å². The van der Waals surface area contributed by atoms with E-state index in [4.69, 9.17) is 11.5 Å². The van der Waals surface area contributed by atoms with E-state index in [0.29, 0.717) is 34.7 Å². The third-order valence-electron chi connectivity index (χ3n) is 9.27. The molecule has 24 nitrogen and oxygen atoms in total. The summed E-state index contributed by atoms with van der Waals surface area (Å²) in [7, 11) is -5.11. The number of carbonyl (C=O) groups is 2. The summed E-state index contributed by atoms with van der Waals surface area (Å²) in [5.74, 6) is -0.832. The van der Waals surface area contributed by atoms with Gasteiger partial charge < -0.3 is 62.6 Å². The molecule has 2 heterocycles. The second-order valence-corrected chi connectivity index (χ2v) is 16.3. The first-order chi connectivity index (χ1) is 32.8. The molecule has 0 radical (unpaired) electrons. The summed E-state index contributed by atoms with van der Waals surface area (Å²) in [6.45, 7) is -0.304. The zero-order chi connectivity index (χ0) is 48.5. The van der Waals surface area contributed by atoms with E-state index < -0.39 is 26.8 Å². The van der Waals surface area contributed by atoms with Crippen LogP contribution in [0, 0.1) is 0 Å². The highest BCUT2D eigenvalue weighted by Crippen LogP contribution is 2.32. The van der Waals surface area contributed by atoms with Gasteiger partial charge in [-0.2, -0.15) is 34.2 Å². The molecule has 6 rings (SSSR count). The Balaban J connectivity index is 1.30. The van der Waals surface area contributed by atoms with Crippen LogP contribution in [0.5, 0.6) is 0 Å². The van der Waals surface area contributed by atoms with E-state index in [1.807, 2.05) is 24.3 Å². The molecule has 10 N–H and O–H groups in total. The number of para-hydroxylation sites is 2. The highest BCUT2D eigenvalue weighted by atomic mass is 32.2. The summed E-state index contributed by atoms with van der Waals surface area (Å²) >= 11 is 0.536. The fraction of sp³-hybridized carbons (Fsp3) is 0.190. The molecule has 0 unspecified atom stereocenters. The second kappa shape index (κ2) is 24.3. The summed E-state index contributed by atoms with van der Waals surface area (Å²) in [5.41, 5.74) is 12.9. The van der Waals surface area contributed by atoms with E-state index in [0.717, 1.165) is 6.07 Å². The Kier molecular flexibility index (Phi) is 17.8. The summed E-state index contributed by atoms with van der Waals surface area (Å²) < 4.78 is 42.8. The van der Waals surface area contributed by atoms with Crippen LogP contribution in [0.2, 0.25) is 0 Å². The van der Waals surface area contributed by atoms with Crippen LogP contribution in [-0.4, -0.2) is 104 Å². The van der Waals surface area contributed by atoms with Gasteiger partial charge >= 0.3 is 0 Å². The largest absolute Gasteiger partial charge is 0.744 e. The predicted molar refractivity (Wildman–Crippen MR) is 250 cm³/mol. The Morgan fingerprint density at radius 2 is 1.04 bits per heavy atom. The second-order valence-electron chi connectivity index (χ2n) is 14.2. The first-order valence-electron chi connectivity index (χ1n) is 20.3. The van der Waals surface area contributed by atoms with E-state index in [2.05, 4.69) is 60.5 Å². The van der Waals surface area contributed by atoms with Gasteiger partial charge in [0.25, 0.3) is 0 Å². The first-order valence-corrected chi connectivity index (χ1v) is 22.5. The lowest BCUT2D eigenvalue weighted by Gasteiger charge is -2.22. The van der Waals surface area contributed by atoms with Crippen molar-refractivity contribution in [1.82, 2.24) is 29.9 Å². The zero-order valence-corrected chi connectivity index (χ0v) is 37.4. The van der Waals surface area contributed by atoms with Crippen LogP contribution in [0.25, 0.3) is 12.2 Å². The topological polar surface area (TPSA) is 357 Å². The third kappa shape index (κ3) is 15.0. The van der Waals surface area contributed by atoms with Crippen molar-refractivity contribution >= 4 is 105 Å². The van der Waals surface area contributed by atoms with E-state index >= 15 is 0 Å². The molecular weight excluding hydrogens is 925 g/mol. The summed E-state index contributed by atoms with van der Waals surface area (Å²) in [4.78, 5) is 52.8. The Hall–Kier alpha value is -7.56. The lowest BCUT2D eigenvalue weighted by molar-refractivity contribution is -0.777. The summed E-state index contributed by atoms with van der Waals surface area (Å²) in [6, 6.07) is 26.7. The van der Waals surface area contributed by atoms with Crippen molar-refractivity contribution in [3.8, 4) is 0 Å². The average molecular weight is 969 g/mol. The van der Waals surface area contributed by atoms with Crippen LogP contribution in [-0.2, 0) is 29.1 Å². The molecule has 0 saturated carbocycles. The van der Waals surface area contributed by atoms with Crippen molar-refractivity contribution in [2.75, 3.05) is 70.5 Å². The van der Waals surface area contributed by atoms with Gasteiger partial charge in [-0.3, -0.25) is 14.6 Å². The fourth-order valence-corrected chi connectivity index (χ4v) is 7.37. The van der Waals surface area contributed by atoms with Crippen molar-refractivity contribution in [2.45, 2.75) is 22.6 Å². The van der Waals surface area contributed by atoms with Crippen molar-refractivity contribution in [3.63, 3.8) is 0 Å². The van der Waals surface area contributed by atoms with Gasteiger partial charge in [-0.15, -0.1) is 0 Å². The van der Waals surface area contributed by atoms with Crippen LogP contribution >= 0.6 is 12.0 Å². The number of hydrogen-bond donors (Lipinski definition) is 8. The number of hydrogen-bond acceptors (Lipinski definition) is 23. The number of aromatic nitrogens is 6. The van der Waals surface area contributed by atoms with Gasteiger partial charge in [0.2, 0.25) is 47.5 Å². The number of nitrogens with one attached hydrogen (secondary N) is 4. The van der Waals surface area contributed by atoms with Gasteiger partial charge in [-0.1, -0.05) is 60.7 Å². The number of nitrogens with two attached hydrogens (primary N) is 2. The normalized spacial score (nSPS) is 11.3. The average Bonchev–Trinajstić information content (AvgIpc) is 3.31. The highest BCUT2D eigenvalue weighted by molar-refractivity contribution is 7.94. The van der Waals surface area contributed by atoms with E-state index in [-0.39, 0.29) is 104 Å². The van der Waals surface area contributed by atoms with Crippen molar-refractivity contribution < 1.29 is 47.4 Å². The van der Waals surface area contributed by atoms with E-state index in [1.54, 1.807) is 59.5 Å². The number of carbonyl (C=O) groups excluding carboxylic acids is 2. The maximum atomic E-state index is 12.7. The molecular formula is C42H44N14O10S2-2. The number of aliphatic hydroxyl groups is 2. The molecule has 26 heteroatoms. The highest BCUT2D eigenvalue weighted by Gasteiger charge is 2.18. The van der Waals surface area contributed by atoms with E-state index in [9.17, 15) is 38.0 Å². The van der Waals surface area contributed by atoms with E-state index in [1.165, 1.54) is 29.2 Å².